The summed E-state index contributed by atoms with van der Waals surface area (Å²) in [6, 6.07) is 0. The van der Waals surface area contributed by atoms with Crippen molar-refractivity contribution in [3.05, 3.63) is 0 Å². The monoisotopic (exact) mass is 1290 g/mol. The molecule has 1 aliphatic rings. The van der Waals surface area contributed by atoms with Crippen LogP contribution in [0.3, 0.4) is 0 Å². The van der Waals surface area contributed by atoms with Crippen LogP contribution in [0.1, 0.15) is 137 Å². The molecule has 1 fully saturated rings. The highest BCUT2D eigenvalue weighted by molar-refractivity contribution is 5.97. The van der Waals surface area contributed by atoms with Crippen LogP contribution in [0.15, 0.2) is 0 Å². The Bertz CT molecular complexity index is 1970. The maximum absolute atomic E-state index is 14.4. The van der Waals surface area contributed by atoms with Gasteiger partial charge in [0.25, 0.3) is 0 Å². The minimum Gasteiger partial charge on any atom is -0.387 e. The summed E-state index contributed by atoms with van der Waals surface area (Å²) in [6.45, 7) is 11.2. The Morgan fingerprint density at radius 3 is 1.39 bits per heavy atom. The average Bonchev–Trinajstić information content (AvgIpc) is 2.03. The van der Waals surface area contributed by atoms with Crippen molar-refractivity contribution in [3.63, 3.8) is 0 Å². The zero-order valence-corrected chi connectivity index (χ0v) is 53.3. The number of ether oxygens (including phenoxy) is 6. The molecule has 0 aromatic rings. The summed E-state index contributed by atoms with van der Waals surface area (Å²) in [5.41, 5.74) is 11.2. The molecule has 0 radical (unpaired) electrons. The second-order valence-corrected chi connectivity index (χ2v) is 22.1. The van der Waals surface area contributed by atoms with Crippen LogP contribution in [0.5, 0.6) is 0 Å². The largest absolute Gasteiger partial charge is 0.387 e. The van der Waals surface area contributed by atoms with Crippen molar-refractivity contribution in [2.24, 2.45) is 35.1 Å². The fraction of sp³-hybridized carbons (Fsp3) is 0.852. The minimum atomic E-state index is -1.64. The van der Waals surface area contributed by atoms with E-state index in [9.17, 15) is 63.6 Å². The van der Waals surface area contributed by atoms with Gasteiger partial charge in [-0.05, 0) is 19.3 Å². The lowest BCUT2D eigenvalue weighted by Gasteiger charge is -2.38. The van der Waals surface area contributed by atoms with Crippen LogP contribution < -0.4 is 54.0 Å². The summed E-state index contributed by atoms with van der Waals surface area (Å²) in [7, 11) is 0. The number of aliphatic hydroxyl groups is 4. The van der Waals surface area contributed by atoms with E-state index in [0.29, 0.717) is 58.8 Å². The molecule has 1 rings (SSSR count). The molecule has 1 aliphatic heterocycles. The molecule has 1 heterocycles. The number of nitrogens with two attached hydrogens (primary N) is 2. The summed E-state index contributed by atoms with van der Waals surface area (Å²) >= 11 is 0. The zero-order valence-electron chi connectivity index (χ0n) is 53.3. The van der Waals surface area contributed by atoms with Crippen LogP contribution in [0.25, 0.3) is 0 Å². The number of hydrogen-bond donors (Lipinski definition) is 14. The quantitative estimate of drug-likeness (QED) is 0.0298. The number of hydrogen-bond acceptors (Lipinski definition) is 23. The van der Waals surface area contributed by atoms with E-state index in [1.54, 1.807) is 6.92 Å². The summed E-state index contributed by atoms with van der Waals surface area (Å²) in [6.07, 6.45) is -2.08. The van der Waals surface area contributed by atoms with Gasteiger partial charge in [0.15, 0.2) is 6.29 Å². The van der Waals surface area contributed by atoms with Crippen LogP contribution in [0, 0.1) is 23.7 Å². The number of carbonyl (C=O) groups is 9. The molecule has 9 unspecified atom stereocenters. The van der Waals surface area contributed by atoms with E-state index >= 15 is 0 Å². The molecular formula is C61H116N10O19. The van der Waals surface area contributed by atoms with Crippen molar-refractivity contribution in [1.29, 1.82) is 0 Å². The van der Waals surface area contributed by atoms with Crippen LogP contribution in [-0.2, 0) is 71.6 Å². The van der Waals surface area contributed by atoms with Crippen molar-refractivity contribution >= 4 is 52.8 Å². The minimum absolute atomic E-state index is 0. The normalized spacial score (nSPS) is 17.6. The van der Waals surface area contributed by atoms with Gasteiger partial charge < -0.3 is 103 Å². The Labute approximate surface area is 533 Å². The molecule has 0 aromatic carbocycles. The van der Waals surface area contributed by atoms with Gasteiger partial charge in [-0.25, -0.2) is 0 Å². The summed E-state index contributed by atoms with van der Waals surface area (Å²) in [5.74, 6) is -8.55. The van der Waals surface area contributed by atoms with Crippen molar-refractivity contribution in [2.45, 2.75) is 168 Å². The molecule has 29 heteroatoms. The Hall–Kier alpha value is -4.73. The fourth-order valence-electron chi connectivity index (χ4n) is 9.29. The van der Waals surface area contributed by atoms with Gasteiger partial charge in [0.05, 0.1) is 77.9 Å². The standard InChI is InChI=1S/C60H112N10O19.CH4/c1-4-7-9-11-16-65-52(75)40-44(36-47(71)35-43(6-3)57(80)68-17-12-10-8-5-2)49(73)39-45(58(81)69-23-21-64-19-15-62)37-48(72)38-46(41-53(76)66-22-20-63-18-14-61)59(82)70-25-28-86-30-29-84-26-13-51(74)67-24-27-85-31-32-87-33-34-88-42-50-54(77)55(78)56(79)60(83)89-50;/h43-46,50,54-56,60,63-64,77-79,83H,4-42,61-62H2,1-3H3,(H,65,75)(H,66,76)(H,67,74)(H,68,80)(H,69,81)(H,70,82);1H4. The van der Waals surface area contributed by atoms with Gasteiger partial charge in [0.1, 0.15) is 41.8 Å². The smallest absolute Gasteiger partial charge is 0.224 e. The van der Waals surface area contributed by atoms with Crippen molar-refractivity contribution in [1.82, 2.24) is 42.5 Å². The average molecular weight is 1290 g/mol. The number of Topliss-reactive ketones (excluding diaryl/α,β-unsaturated/α-hetero) is 3. The maximum atomic E-state index is 14.4. The second kappa shape index (κ2) is 55.9. The topological polar surface area (TPSA) is 438 Å². The lowest BCUT2D eigenvalue weighted by Crippen LogP contribution is -2.58. The Kier molecular flexibility index (Phi) is 52.9. The lowest BCUT2D eigenvalue weighted by atomic mass is 9.83. The first-order chi connectivity index (χ1) is 42.9. The van der Waals surface area contributed by atoms with Crippen LogP contribution in [0.2, 0.25) is 0 Å². The van der Waals surface area contributed by atoms with Gasteiger partial charge in [-0.2, -0.15) is 0 Å². The number of ketones is 3. The molecule has 16 N–H and O–H groups in total. The van der Waals surface area contributed by atoms with Crippen LogP contribution in [0.4, 0.5) is 0 Å². The van der Waals surface area contributed by atoms with Gasteiger partial charge >= 0.3 is 0 Å². The molecule has 1 saturated heterocycles. The molecule has 0 spiro atoms. The third-order valence-electron chi connectivity index (χ3n) is 14.5. The maximum Gasteiger partial charge on any atom is 0.224 e. The Balaban J connectivity index is 0.0000792. The molecule has 0 aliphatic carbocycles. The first kappa shape index (κ1) is 85.3. The number of unbranched alkanes of at least 4 members (excludes halogenated alkanes) is 6. The molecule has 0 aromatic heterocycles. The molecule has 9 atom stereocenters. The van der Waals surface area contributed by atoms with E-state index in [1.807, 2.05) is 0 Å². The van der Waals surface area contributed by atoms with E-state index < -0.39 is 109 Å². The predicted molar refractivity (Wildman–Crippen MR) is 336 cm³/mol. The highest BCUT2D eigenvalue weighted by Gasteiger charge is 2.43. The SMILES string of the molecule is C.CCCCCCNC(=O)CC(CC(=O)CC(CC)C(=O)NCCCCCC)C(=O)CC(CC(=O)CC(CC(=O)NCCNCCN)C(=O)NCCOCCOCCC(=O)NCCOCCOCCOCC1OC(O)C(O)C(O)C1O)C(=O)NCCNCCN. The summed E-state index contributed by atoms with van der Waals surface area (Å²) in [4.78, 5) is 122. The van der Waals surface area contributed by atoms with Crippen molar-refractivity contribution < 1.29 is 92.0 Å². The number of amides is 6. The number of nitrogens with one attached hydrogen (secondary N) is 8. The number of rotatable bonds is 59. The molecular weight excluding hydrogens is 1180 g/mol. The first-order valence-electron chi connectivity index (χ1n) is 32.2. The summed E-state index contributed by atoms with van der Waals surface area (Å²) in [5, 5.41) is 61.7. The molecule has 29 nitrogen and oxygen atoms in total. The third-order valence-corrected chi connectivity index (χ3v) is 14.5. The van der Waals surface area contributed by atoms with Crippen molar-refractivity contribution in [3.8, 4) is 0 Å². The zero-order chi connectivity index (χ0) is 65.9. The van der Waals surface area contributed by atoms with E-state index in [2.05, 4.69) is 56.4 Å². The van der Waals surface area contributed by atoms with Crippen LogP contribution in [-0.4, -0.2) is 249 Å². The highest BCUT2D eigenvalue weighted by atomic mass is 16.6. The fourth-order valence-corrected chi connectivity index (χ4v) is 9.29. The van der Waals surface area contributed by atoms with Gasteiger partial charge in [0.2, 0.25) is 35.4 Å². The molecule has 6 amide bonds. The predicted octanol–water partition coefficient (Wildman–Crippen LogP) is -1.84. The van der Waals surface area contributed by atoms with Gasteiger partial charge in [-0.1, -0.05) is 66.7 Å². The molecule has 0 saturated carbocycles. The van der Waals surface area contributed by atoms with E-state index in [1.165, 1.54) is 0 Å². The summed E-state index contributed by atoms with van der Waals surface area (Å²) < 4.78 is 32.4. The first-order valence-corrected chi connectivity index (χ1v) is 32.2. The highest BCUT2D eigenvalue weighted by Crippen LogP contribution is 2.24. The Morgan fingerprint density at radius 2 is 0.833 bits per heavy atom. The number of carbonyl (C=O) groups excluding carboxylic acids is 9. The lowest BCUT2D eigenvalue weighted by molar-refractivity contribution is -0.288. The van der Waals surface area contributed by atoms with Gasteiger partial charge in [-0.3, -0.25) is 43.2 Å². The third kappa shape index (κ3) is 42.4. The molecule has 90 heavy (non-hydrogen) atoms. The van der Waals surface area contributed by atoms with Crippen molar-refractivity contribution in [2.75, 3.05) is 145 Å². The van der Waals surface area contributed by atoms with E-state index in [0.717, 1.165) is 51.4 Å². The molecule has 524 valence electrons. The van der Waals surface area contributed by atoms with Gasteiger partial charge in [0, 0.05) is 142 Å². The number of aliphatic hydroxyl groups excluding tert-OH is 4. The van der Waals surface area contributed by atoms with E-state index in [-0.39, 0.29) is 149 Å². The second-order valence-electron chi connectivity index (χ2n) is 22.1. The van der Waals surface area contributed by atoms with Gasteiger partial charge in [-0.15, -0.1) is 0 Å². The Morgan fingerprint density at radius 1 is 0.411 bits per heavy atom. The molecule has 0 bridgehead atoms. The van der Waals surface area contributed by atoms with Crippen LogP contribution >= 0.6 is 0 Å². The van der Waals surface area contributed by atoms with E-state index in [4.69, 9.17) is 39.9 Å².